The predicted octanol–water partition coefficient (Wildman–Crippen LogP) is 11.3. The molecule has 1 aromatic heterocycles. The zero-order chi connectivity index (χ0) is 29.0. The van der Waals surface area contributed by atoms with Gasteiger partial charge in [-0.2, -0.15) is 0 Å². The molecule has 1 nitrogen and oxygen atoms in total. The van der Waals surface area contributed by atoms with E-state index in [1.165, 1.54) is 77.6 Å². The molecule has 1 aliphatic carbocycles. The van der Waals surface area contributed by atoms with Crippen LogP contribution in [0.1, 0.15) is 22.6 Å². The summed E-state index contributed by atoms with van der Waals surface area (Å²) in [5, 5.41) is 2.57. The van der Waals surface area contributed by atoms with Crippen molar-refractivity contribution < 1.29 is 0 Å². The Morgan fingerprint density at radius 2 is 1.00 bits per heavy atom. The minimum Gasteiger partial charge on any atom is -0.309 e. The van der Waals surface area contributed by atoms with E-state index in [-0.39, 0.29) is 5.92 Å². The van der Waals surface area contributed by atoms with E-state index in [9.17, 15) is 0 Å². The first-order chi connectivity index (χ1) is 21.8. The Bertz CT molecular complexity index is 2250. The van der Waals surface area contributed by atoms with Crippen molar-refractivity contribution in [1.82, 2.24) is 4.57 Å². The Labute approximate surface area is 257 Å². The number of hydrogen-bond donors (Lipinski definition) is 0. The quantitative estimate of drug-likeness (QED) is 0.202. The Morgan fingerprint density at radius 3 is 1.70 bits per heavy atom. The number of benzene rings is 7. The molecule has 0 spiro atoms. The monoisotopic (exact) mass is 559 g/mol. The number of aromatic nitrogens is 1. The van der Waals surface area contributed by atoms with E-state index < -0.39 is 0 Å². The van der Waals surface area contributed by atoms with Crippen molar-refractivity contribution in [1.29, 1.82) is 0 Å². The minimum absolute atomic E-state index is 0.153. The molecule has 1 aliphatic rings. The van der Waals surface area contributed by atoms with E-state index in [4.69, 9.17) is 0 Å². The van der Waals surface area contributed by atoms with Gasteiger partial charge < -0.3 is 4.57 Å². The summed E-state index contributed by atoms with van der Waals surface area (Å²) in [7, 11) is 0. The maximum absolute atomic E-state index is 2.53. The maximum Gasteiger partial charge on any atom is 0.0588 e. The smallest absolute Gasteiger partial charge is 0.0588 e. The van der Waals surface area contributed by atoms with Crippen molar-refractivity contribution in [2.24, 2.45) is 0 Å². The second-order valence-corrected chi connectivity index (χ2v) is 11.7. The van der Waals surface area contributed by atoms with Gasteiger partial charge in [-0.05, 0) is 74.3 Å². The van der Waals surface area contributed by atoms with Crippen molar-refractivity contribution in [2.45, 2.75) is 5.92 Å². The summed E-state index contributed by atoms with van der Waals surface area (Å²) in [6, 6.07) is 62.1. The van der Waals surface area contributed by atoms with Gasteiger partial charge in [-0.15, -0.1) is 0 Å². The zero-order valence-corrected chi connectivity index (χ0v) is 24.2. The Kier molecular flexibility index (Phi) is 5.64. The molecule has 0 saturated carbocycles. The van der Waals surface area contributed by atoms with Crippen LogP contribution >= 0.6 is 0 Å². The first-order valence-electron chi connectivity index (χ1n) is 15.3. The van der Waals surface area contributed by atoms with E-state index in [0.717, 1.165) is 0 Å². The van der Waals surface area contributed by atoms with Crippen LogP contribution in [0.25, 0.3) is 60.9 Å². The Hall–Kier alpha value is -5.66. The summed E-state index contributed by atoms with van der Waals surface area (Å²) in [6.07, 6.45) is 0. The molecule has 1 heterocycles. The van der Waals surface area contributed by atoms with Crippen molar-refractivity contribution in [3.8, 4) is 39.1 Å². The molecule has 0 saturated heterocycles. The van der Waals surface area contributed by atoms with E-state index in [2.05, 4.69) is 174 Å². The van der Waals surface area contributed by atoms with Gasteiger partial charge in [0.2, 0.25) is 0 Å². The standard InChI is InChI=1S/C43H29N/c1-4-14-29(15-5-1)32-26-33(30-16-6-2-7-17-30)28-34(27-32)44-40-23-13-12-21-36(40)39-25-24-38-35-20-10-11-22-37(35)41(42(38)43(39)44)31-18-8-3-9-19-31/h1-28,41H. The zero-order valence-electron chi connectivity index (χ0n) is 24.2. The molecule has 8 aromatic rings. The normalized spacial score (nSPS) is 13.7. The van der Waals surface area contributed by atoms with Gasteiger partial charge in [-0.3, -0.25) is 0 Å². The third kappa shape index (κ3) is 3.80. The van der Waals surface area contributed by atoms with Crippen LogP contribution in [-0.2, 0) is 0 Å². The molecule has 9 rings (SSSR count). The highest BCUT2D eigenvalue weighted by atomic mass is 15.0. The average molecular weight is 560 g/mol. The van der Waals surface area contributed by atoms with E-state index in [0.29, 0.717) is 0 Å². The van der Waals surface area contributed by atoms with E-state index >= 15 is 0 Å². The first kappa shape index (κ1) is 24.9. The number of rotatable bonds is 4. The van der Waals surface area contributed by atoms with Gasteiger partial charge in [-0.1, -0.05) is 146 Å². The van der Waals surface area contributed by atoms with Gasteiger partial charge in [0.25, 0.3) is 0 Å². The third-order valence-corrected chi connectivity index (χ3v) is 9.25. The summed E-state index contributed by atoms with van der Waals surface area (Å²) in [5.41, 5.74) is 15.3. The van der Waals surface area contributed by atoms with Gasteiger partial charge in [-0.25, -0.2) is 0 Å². The Balaban J connectivity index is 1.42. The van der Waals surface area contributed by atoms with Crippen LogP contribution in [-0.4, -0.2) is 4.57 Å². The Morgan fingerprint density at radius 1 is 0.409 bits per heavy atom. The number of nitrogens with zero attached hydrogens (tertiary/aromatic N) is 1. The van der Waals surface area contributed by atoms with E-state index in [1.807, 2.05) is 0 Å². The molecule has 0 bridgehead atoms. The fourth-order valence-corrected chi connectivity index (χ4v) is 7.35. The fourth-order valence-electron chi connectivity index (χ4n) is 7.35. The lowest BCUT2D eigenvalue weighted by atomic mass is 9.88. The molecule has 1 unspecified atom stereocenters. The van der Waals surface area contributed by atoms with Crippen LogP contribution in [0, 0.1) is 0 Å². The van der Waals surface area contributed by atoms with Crippen molar-refractivity contribution >= 4 is 21.8 Å². The molecule has 44 heavy (non-hydrogen) atoms. The fraction of sp³-hybridized carbons (Fsp3) is 0.0233. The van der Waals surface area contributed by atoms with Crippen LogP contribution in [0.15, 0.2) is 170 Å². The second kappa shape index (κ2) is 9.97. The van der Waals surface area contributed by atoms with Crippen molar-refractivity contribution in [3.63, 3.8) is 0 Å². The number of fused-ring (bicyclic) bond motifs is 7. The van der Waals surface area contributed by atoms with Crippen LogP contribution in [0.3, 0.4) is 0 Å². The first-order valence-corrected chi connectivity index (χ1v) is 15.3. The maximum atomic E-state index is 2.53. The molecular weight excluding hydrogens is 530 g/mol. The molecule has 0 radical (unpaired) electrons. The number of para-hydroxylation sites is 1. The molecular formula is C43H29N. The van der Waals surface area contributed by atoms with Gasteiger partial charge >= 0.3 is 0 Å². The third-order valence-electron chi connectivity index (χ3n) is 9.25. The molecule has 0 N–H and O–H groups in total. The molecule has 206 valence electrons. The van der Waals surface area contributed by atoms with Gasteiger partial charge in [0.1, 0.15) is 0 Å². The lowest BCUT2D eigenvalue weighted by Crippen LogP contribution is -2.03. The number of hydrogen-bond acceptors (Lipinski definition) is 0. The molecule has 0 aliphatic heterocycles. The van der Waals surface area contributed by atoms with Crippen LogP contribution in [0.2, 0.25) is 0 Å². The van der Waals surface area contributed by atoms with Gasteiger partial charge in [0.15, 0.2) is 0 Å². The highest BCUT2D eigenvalue weighted by Crippen LogP contribution is 2.52. The van der Waals surface area contributed by atoms with Gasteiger partial charge in [0, 0.05) is 22.4 Å². The predicted molar refractivity (Wildman–Crippen MR) is 184 cm³/mol. The van der Waals surface area contributed by atoms with E-state index in [1.54, 1.807) is 0 Å². The van der Waals surface area contributed by atoms with Crippen molar-refractivity contribution in [2.75, 3.05) is 0 Å². The van der Waals surface area contributed by atoms with Crippen molar-refractivity contribution in [3.05, 3.63) is 187 Å². The second-order valence-electron chi connectivity index (χ2n) is 11.7. The summed E-state index contributed by atoms with van der Waals surface area (Å²) < 4.78 is 2.53. The summed E-state index contributed by atoms with van der Waals surface area (Å²) in [5.74, 6) is 0.153. The largest absolute Gasteiger partial charge is 0.309 e. The topological polar surface area (TPSA) is 4.93 Å². The highest BCUT2D eigenvalue weighted by molar-refractivity contribution is 6.13. The molecule has 7 aromatic carbocycles. The van der Waals surface area contributed by atoms with Crippen LogP contribution < -0.4 is 0 Å². The SMILES string of the molecule is c1ccc(-c2cc(-c3ccccc3)cc(-n3c4ccccc4c4ccc5c(c43)C(c3ccccc3)c3ccccc3-5)c2)cc1. The highest BCUT2D eigenvalue weighted by Gasteiger charge is 2.33. The molecule has 0 fully saturated rings. The molecule has 1 atom stereocenters. The summed E-state index contributed by atoms with van der Waals surface area (Å²) >= 11 is 0. The summed E-state index contributed by atoms with van der Waals surface area (Å²) in [6.45, 7) is 0. The van der Waals surface area contributed by atoms with Crippen LogP contribution in [0.5, 0.6) is 0 Å². The molecule has 0 amide bonds. The lowest BCUT2D eigenvalue weighted by molar-refractivity contribution is 1.01. The average Bonchev–Trinajstić information content (AvgIpc) is 3.62. The summed E-state index contributed by atoms with van der Waals surface area (Å²) in [4.78, 5) is 0. The molecule has 1 heteroatoms. The van der Waals surface area contributed by atoms with Gasteiger partial charge in [0.05, 0.1) is 11.0 Å². The van der Waals surface area contributed by atoms with Crippen LogP contribution in [0.4, 0.5) is 0 Å². The lowest BCUT2D eigenvalue weighted by Gasteiger charge is -2.19. The minimum atomic E-state index is 0.153.